The summed E-state index contributed by atoms with van der Waals surface area (Å²) in [7, 11) is 1.76. The van der Waals surface area contributed by atoms with Gasteiger partial charge in [0.1, 0.15) is 5.78 Å². The van der Waals surface area contributed by atoms with Gasteiger partial charge in [-0.25, -0.2) is 9.97 Å². The predicted molar refractivity (Wildman–Crippen MR) is 117 cm³/mol. The average Bonchev–Trinajstić information content (AvgIpc) is 2.68. The van der Waals surface area contributed by atoms with Crippen molar-refractivity contribution >= 4 is 17.9 Å². The highest BCUT2D eigenvalue weighted by Crippen LogP contribution is 2.20. The zero-order valence-electron chi connectivity index (χ0n) is 17.3. The molecule has 0 saturated heterocycles. The normalized spacial score (nSPS) is 12.1. The summed E-state index contributed by atoms with van der Waals surface area (Å²) < 4.78 is 0. The van der Waals surface area contributed by atoms with Gasteiger partial charge >= 0.3 is 0 Å². The molecule has 0 fully saturated rings. The lowest BCUT2D eigenvalue weighted by molar-refractivity contribution is -0.116. The van der Waals surface area contributed by atoms with Crippen LogP contribution in [0.3, 0.4) is 0 Å². The standard InChI is InChI=1S/C23H30N4O/c1-5-6-7-8-17(2)22(16-24-4)27-23-25-14-21(15-26-23)20-11-9-19(10-12-20)13-18(3)28/h9-12,14-16H,5-8,13H2,1-4H3,(H,25,26,27)/b22-17-,24-16?. The van der Waals surface area contributed by atoms with Crippen LogP contribution < -0.4 is 5.32 Å². The van der Waals surface area contributed by atoms with Gasteiger partial charge < -0.3 is 5.32 Å². The fourth-order valence-electron chi connectivity index (χ4n) is 2.92. The summed E-state index contributed by atoms with van der Waals surface area (Å²) in [4.78, 5) is 24.3. The van der Waals surface area contributed by atoms with Gasteiger partial charge in [-0.05, 0) is 43.4 Å². The van der Waals surface area contributed by atoms with Crippen molar-refractivity contribution in [3.05, 3.63) is 53.5 Å². The van der Waals surface area contributed by atoms with E-state index >= 15 is 0 Å². The van der Waals surface area contributed by atoms with Crippen molar-refractivity contribution in [2.75, 3.05) is 12.4 Å². The third kappa shape index (κ3) is 6.72. The number of ketones is 1. The number of aromatic nitrogens is 2. The summed E-state index contributed by atoms with van der Waals surface area (Å²) in [5.74, 6) is 0.720. The first-order chi connectivity index (χ1) is 13.5. The first kappa shape index (κ1) is 21.5. The molecule has 0 aliphatic carbocycles. The van der Waals surface area contributed by atoms with Crippen LogP contribution in [0.5, 0.6) is 0 Å². The van der Waals surface area contributed by atoms with Gasteiger partial charge in [-0.1, -0.05) is 44.0 Å². The van der Waals surface area contributed by atoms with Gasteiger partial charge in [0.2, 0.25) is 5.95 Å². The summed E-state index contributed by atoms with van der Waals surface area (Å²) in [6.07, 6.45) is 10.5. The van der Waals surface area contributed by atoms with E-state index in [1.165, 1.54) is 24.8 Å². The van der Waals surface area contributed by atoms with Gasteiger partial charge in [0.25, 0.3) is 0 Å². The molecule has 1 N–H and O–H groups in total. The van der Waals surface area contributed by atoms with Crippen molar-refractivity contribution in [1.29, 1.82) is 0 Å². The zero-order valence-corrected chi connectivity index (χ0v) is 17.3. The minimum Gasteiger partial charge on any atom is -0.323 e. The number of allylic oxidation sites excluding steroid dienone is 2. The summed E-state index contributed by atoms with van der Waals surface area (Å²) in [5.41, 5.74) is 5.20. The maximum atomic E-state index is 11.2. The minimum atomic E-state index is 0.163. The lowest BCUT2D eigenvalue weighted by atomic mass is 10.0. The van der Waals surface area contributed by atoms with E-state index in [1.807, 2.05) is 42.9 Å². The number of nitrogens with one attached hydrogen (secondary N) is 1. The Labute approximate surface area is 168 Å². The Morgan fingerprint density at radius 3 is 2.32 bits per heavy atom. The molecule has 0 bridgehead atoms. The Morgan fingerprint density at radius 2 is 1.75 bits per heavy atom. The van der Waals surface area contributed by atoms with Crippen molar-refractivity contribution in [1.82, 2.24) is 9.97 Å². The molecule has 1 aromatic carbocycles. The van der Waals surface area contributed by atoms with Crippen LogP contribution in [0.15, 0.2) is 52.9 Å². The van der Waals surface area contributed by atoms with Crippen molar-refractivity contribution < 1.29 is 4.79 Å². The Morgan fingerprint density at radius 1 is 1.07 bits per heavy atom. The number of anilines is 1. The number of carbonyl (C=O) groups is 1. The van der Waals surface area contributed by atoms with E-state index in [0.29, 0.717) is 12.4 Å². The van der Waals surface area contributed by atoms with E-state index < -0.39 is 0 Å². The van der Waals surface area contributed by atoms with Crippen LogP contribution in [0.4, 0.5) is 5.95 Å². The highest BCUT2D eigenvalue weighted by atomic mass is 16.1. The second-order valence-electron chi connectivity index (χ2n) is 7.03. The third-order valence-corrected chi connectivity index (χ3v) is 4.51. The molecule has 1 heterocycles. The topological polar surface area (TPSA) is 67.2 Å². The summed E-state index contributed by atoms with van der Waals surface area (Å²) in [5, 5.41) is 3.29. The van der Waals surface area contributed by atoms with Crippen LogP contribution in [0.2, 0.25) is 0 Å². The number of Topliss-reactive ketones (excluding diaryl/α,β-unsaturated/α-hetero) is 1. The Hall–Kier alpha value is -2.82. The van der Waals surface area contributed by atoms with Gasteiger partial charge in [0.15, 0.2) is 0 Å². The number of hydrogen-bond donors (Lipinski definition) is 1. The monoisotopic (exact) mass is 378 g/mol. The molecular formula is C23H30N4O. The summed E-state index contributed by atoms with van der Waals surface area (Å²) in [6.45, 7) is 5.93. The van der Waals surface area contributed by atoms with E-state index in [1.54, 1.807) is 14.0 Å². The Bertz CT molecular complexity index is 821. The largest absolute Gasteiger partial charge is 0.323 e. The second-order valence-corrected chi connectivity index (χ2v) is 7.03. The molecular weight excluding hydrogens is 348 g/mol. The molecule has 0 aliphatic heterocycles. The molecule has 28 heavy (non-hydrogen) atoms. The summed E-state index contributed by atoms with van der Waals surface area (Å²) in [6, 6.07) is 7.94. The molecule has 148 valence electrons. The number of nitrogens with zero attached hydrogens (tertiary/aromatic N) is 3. The van der Waals surface area contributed by atoms with E-state index in [-0.39, 0.29) is 5.78 Å². The molecule has 0 amide bonds. The van der Waals surface area contributed by atoms with Crippen LogP contribution in [-0.4, -0.2) is 29.0 Å². The highest BCUT2D eigenvalue weighted by molar-refractivity contribution is 5.83. The lowest BCUT2D eigenvalue weighted by Gasteiger charge is -2.10. The van der Waals surface area contributed by atoms with Crippen LogP contribution in [0.25, 0.3) is 11.1 Å². The minimum absolute atomic E-state index is 0.163. The molecule has 2 aromatic rings. The molecule has 0 atom stereocenters. The maximum absolute atomic E-state index is 11.2. The third-order valence-electron chi connectivity index (χ3n) is 4.51. The second kappa shape index (κ2) is 11.1. The van der Waals surface area contributed by atoms with Crippen LogP contribution in [0.1, 0.15) is 52.0 Å². The number of rotatable bonds is 10. The molecule has 0 spiro atoms. The molecule has 0 radical (unpaired) electrons. The van der Waals surface area contributed by atoms with Gasteiger partial charge in [0.05, 0.1) is 5.70 Å². The molecule has 5 nitrogen and oxygen atoms in total. The van der Waals surface area contributed by atoms with Crippen molar-refractivity contribution in [3.63, 3.8) is 0 Å². The molecule has 5 heteroatoms. The molecule has 2 rings (SSSR count). The predicted octanol–water partition coefficient (Wildman–Crippen LogP) is 5.24. The highest BCUT2D eigenvalue weighted by Gasteiger charge is 2.06. The van der Waals surface area contributed by atoms with Gasteiger partial charge in [-0.2, -0.15) is 0 Å². The van der Waals surface area contributed by atoms with Crippen molar-refractivity contribution in [2.45, 2.75) is 52.9 Å². The fraction of sp³-hybridized carbons (Fsp3) is 0.391. The first-order valence-corrected chi connectivity index (χ1v) is 9.83. The quantitative estimate of drug-likeness (QED) is 0.453. The molecule has 0 aliphatic rings. The number of unbranched alkanes of at least 4 members (excludes halogenated alkanes) is 2. The van der Waals surface area contributed by atoms with Crippen LogP contribution >= 0.6 is 0 Å². The SMILES string of the molecule is CCCCC/C(C)=C(/C=NC)Nc1ncc(-c2ccc(CC(C)=O)cc2)cn1. The maximum Gasteiger partial charge on any atom is 0.227 e. The van der Waals surface area contributed by atoms with Gasteiger partial charge in [-0.3, -0.25) is 9.79 Å². The van der Waals surface area contributed by atoms with E-state index in [4.69, 9.17) is 0 Å². The van der Waals surface area contributed by atoms with Crippen LogP contribution in [0, 0.1) is 0 Å². The van der Waals surface area contributed by atoms with E-state index in [9.17, 15) is 4.79 Å². The zero-order chi connectivity index (χ0) is 20.4. The fourth-order valence-corrected chi connectivity index (χ4v) is 2.92. The van der Waals surface area contributed by atoms with Crippen LogP contribution in [-0.2, 0) is 11.2 Å². The van der Waals surface area contributed by atoms with E-state index in [0.717, 1.165) is 28.8 Å². The smallest absolute Gasteiger partial charge is 0.227 e. The number of carbonyl (C=O) groups excluding carboxylic acids is 1. The number of aliphatic imine (C=N–C) groups is 1. The Balaban J connectivity index is 2.10. The molecule has 0 saturated carbocycles. The molecule has 1 aromatic heterocycles. The van der Waals surface area contributed by atoms with E-state index in [2.05, 4.69) is 34.1 Å². The number of hydrogen-bond acceptors (Lipinski definition) is 5. The van der Waals surface area contributed by atoms with Crippen molar-refractivity contribution in [2.24, 2.45) is 4.99 Å². The number of benzene rings is 1. The average molecular weight is 379 g/mol. The molecule has 0 unspecified atom stereocenters. The van der Waals surface area contributed by atoms with Crippen molar-refractivity contribution in [3.8, 4) is 11.1 Å². The van der Waals surface area contributed by atoms with Gasteiger partial charge in [0, 0.05) is 37.6 Å². The lowest BCUT2D eigenvalue weighted by Crippen LogP contribution is -2.07. The first-order valence-electron chi connectivity index (χ1n) is 9.83. The summed E-state index contributed by atoms with van der Waals surface area (Å²) >= 11 is 0. The van der Waals surface area contributed by atoms with Gasteiger partial charge in [-0.15, -0.1) is 0 Å². The Kier molecular flexibility index (Phi) is 8.53.